The van der Waals surface area contributed by atoms with Crippen molar-refractivity contribution in [1.29, 1.82) is 0 Å². The Bertz CT molecular complexity index is 980. The van der Waals surface area contributed by atoms with Crippen LogP contribution in [-0.2, 0) is 19.4 Å². The van der Waals surface area contributed by atoms with Crippen molar-refractivity contribution < 1.29 is 4.79 Å². The Morgan fingerprint density at radius 3 is 2.59 bits per heavy atom. The Morgan fingerprint density at radius 2 is 1.90 bits per heavy atom. The van der Waals surface area contributed by atoms with Gasteiger partial charge >= 0.3 is 0 Å². The fourth-order valence-corrected chi connectivity index (χ4v) is 3.80. The molecule has 0 saturated heterocycles. The molecule has 7 heteroatoms. The van der Waals surface area contributed by atoms with Gasteiger partial charge < -0.3 is 14.4 Å². The molecular formula is C22H26N6O. The van der Waals surface area contributed by atoms with Crippen molar-refractivity contribution in [2.24, 2.45) is 0 Å². The predicted molar refractivity (Wildman–Crippen MR) is 112 cm³/mol. The molecule has 1 atom stereocenters. The molecule has 0 N–H and O–H groups in total. The maximum atomic E-state index is 13.0. The lowest BCUT2D eigenvalue weighted by molar-refractivity contribution is 0.0679. The number of aryl methyl sites for hydroxylation is 2. The van der Waals surface area contributed by atoms with Crippen LogP contribution in [0.25, 0.3) is 0 Å². The van der Waals surface area contributed by atoms with Crippen molar-refractivity contribution >= 4 is 11.7 Å². The highest BCUT2D eigenvalue weighted by Crippen LogP contribution is 2.24. The van der Waals surface area contributed by atoms with E-state index in [0.717, 1.165) is 30.3 Å². The summed E-state index contributed by atoms with van der Waals surface area (Å²) < 4.78 is 2.19. The van der Waals surface area contributed by atoms with E-state index in [2.05, 4.69) is 50.9 Å². The van der Waals surface area contributed by atoms with Crippen LogP contribution >= 0.6 is 0 Å². The molecule has 0 radical (unpaired) electrons. The highest BCUT2D eigenvalue weighted by Gasteiger charge is 2.29. The molecule has 0 fully saturated rings. The summed E-state index contributed by atoms with van der Waals surface area (Å²) in [6, 6.07) is 14.2. The topological polar surface area (TPSA) is 67.2 Å². The lowest BCUT2D eigenvalue weighted by Gasteiger charge is -2.32. The second-order valence-electron chi connectivity index (χ2n) is 7.72. The minimum atomic E-state index is -0.0188. The van der Waals surface area contributed by atoms with Crippen molar-refractivity contribution in [2.45, 2.75) is 32.4 Å². The first-order valence-electron chi connectivity index (χ1n) is 9.92. The van der Waals surface area contributed by atoms with Crippen LogP contribution in [0.5, 0.6) is 0 Å². The van der Waals surface area contributed by atoms with E-state index in [1.807, 2.05) is 42.1 Å². The summed E-state index contributed by atoms with van der Waals surface area (Å²) >= 11 is 0. The third kappa shape index (κ3) is 3.99. The summed E-state index contributed by atoms with van der Waals surface area (Å²) in [6.45, 7) is 3.22. The van der Waals surface area contributed by atoms with Crippen LogP contribution in [0.1, 0.15) is 40.5 Å². The van der Waals surface area contributed by atoms with Gasteiger partial charge in [-0.1, -0.05) is 30.3 Å². The Balaban J connectivity index is 1.47. The zero-order valence-corrected chi connectivity index (χ0v) is 17.1. The largest absolute Gasteiger partial charge is 0.363 e. The summed E-state index contributed by atoms with van der Waals surface area (Å²) in [5.41, 5.74) is 1.89. The standard InChI is InChI=1S/C22H26N6O/c1-16-14-27(22(29)18-10-12-19(23-13-18)26(2)3)15-21-25-24-20(28(16)21)11-9-17-7-5-4-6-8-17/h4-8,10,12-13,16H,9,11,14-15H2,1-3H3/t16-/m0/s1. The maximum absolute atomic E-state index is 13.0. The summed E-state index contributed by atoms with van der Waals surface area (Å²) in [5, 5.41) is 8.80. The molecule has 150 valence electrons. The minimum Gasteiger partial charge on any atom is -0.363 e. The number of pyridine rings is 1. The normalized spacial score (nSPS) is 15.8. The molecule has 1 amide bonds. The second kappa shape index (κ2) is 8.03. The van der Waals surface area contributed by atoms with Gasteiger partial charge in [0.25, 0.3) is 5.91 Å². The van der Waals surface area contributed by atoms with Gasteiger partial charge in [-0.2, -0.15) is 0 Å². The number of carbonyl (C=O) groups is 1. The number of hydrogen-bond acceptors (Lipinski definition) is 5. The first-order valence-corrected chi connectivity index (χ1v) is 9.92. The molecule has 0 unspecified atom stereocenters. The Labute approximate surface area is 171 Å². The van der Waals surface area contributed by atoms with Gasteiger partial charge in [0.15, 0.2) is 5.82 Å². The molecule has 0 aliphatic carbocycles. The number of hydrogen-bond donors (Lipinski definition) is 0. The molecule has 3 heterocycles. The van der Waals surface area contributed by atoms with Crippen LogP contribution < -0.4 is 4.90 Å². The van der Waals surface area contributed by atoms with E-state index in [1.165, 1.54) is 5.56 Å². The fraction of sp³-hybridized carbons (Fsp3) is 0.364. The van der Waals surface area contributed by atoms with Gasteiger partial charge in [0.2, 0.25) is 0 Å². The van der Waals surface area contributed by atoms with Gasteiger partial charge in [0, 0.05) is 33.3 Å². The van der Waals surface area contributed by atoms with Gasteiger partial charge in [0.05, 0.1) is 18.2 Å². The molecule has 3 aromatic rings. The van der Waals surface area contributed by atoms with E-state index in [0.29, 0.717) is 18.7 Å². The molecule has 7 nitrogen and oxygen atoms in total. The Morgan fingerprint density at radius 1 is 1.10 bits per heavy atom. The summed E-state index contributed by atoms with van der Waals surface area (Å²) in [4.78, 5) is 21.1. The molecule has 4 rings (SSSR count). The predicted octanol–water partition coefficient (Wildman–Crippen LogP) is 2.74. The SMILES string of the molecule is C[C@H]1CN(C(=O)c2ccc(N(C)C)nc2)Cc2nnc(CCc3ccccc3)n21. The van der Waals surface area contributed by atoms with Crippen molar-refractivity contribution in [3.05, 3.63) is 71.4 Å². The van der Waals surface area contributed by atoms with E-state index in [1.54, 1.807) is 6.20 Å². The van der Waals surface area contributed by atoms with Gasteiger partial charge in [0.1, 0.15) is 11.6 Å². The average molecular weight is 390 g/mol. The number of benzene rings is 1. The van der Waals surface area contributed by atoms with Crippen LogP contribution in [0.4, 0.5) is 5.82 Å². The molecule has 0 saturated carbocycles. The third-order valence-electron chi connectivity index (χ3n) is 5.32. The first kappa shape index (κ1) is 19.1. The van der Waals surface area contributed by atoms with E-state index in [-0.39, 0.29) is 11.9 Å². The van der Waals surface area contributed by atoms with Crippen LogP contribution in [0.3, 0.4) is 0 Å². The second-order valence-corrected chi connectivity index (χ2v) is 7.72. The molecule has 2 aromatic heterocycles. The van der Waals surface area contributed by atoms with Crippen LogP contribution in [0.2, 0.25) is 0 Å². The lowest BCUT2D eigenvalue weighted by atomic mass is 10.1. The van der Waals surface area contributed by atoms with Crippen molar-refractivity contribution in [2.75, 3.05) is 25.5 Å². The number of fused-ring (bicyclic) bond motifs is 1. The van der Waals surface area contributed by atoms with Crippen LogP contribution in [0, 0.1) is 0 Å². The number of amides is 1. The monoisotopic (exact) mass is 390 g/mol. The Hall–Kier alpha value is -3.22. The number of carbonyl (C=O) groups excluding carboxylic acids is 1. The summed E-state index contributed by atoms with van der Waals surface area (Å²) in [7, 11) is 3.86. The quantitative estimate of drug-likeness (QED) is 0.670. The maximum Gasteiger partial charge on any atom is 0.255 e. The molecule has 0 spiro atoms. The van der Waals surface area contributed by atoms with Crippen molar-refractivity contribution in [1.82, 2.24) is 24.6 Å². The molecule has 0 bridgehead atoms. The van der Waals surface area contributed by atoms with Crippen molar-refractivity contribution in [3.8, 4) is 0 Å². The van der Waals surface area contributed by atoms with Crippen LogP contribution in [-0.4, -0.2) is 51.2 Å². The van der Waals surface area contributed by atoms with Gasteiger partial charge in [-0.15, -0.1) is 10.2 Å². The zero-order valence-electron chi connectivity index (χ0n) is 17.1. The lowest BCUT2D eigenvalue weighted by Crippen LogP contribution is -2.40. The fourth-order valence-electron chi connectivity index (χ4n) is 3.80. The first-order chi connectivity index (χ1) is 14.0. The van der Waals surface area contributed by atoms with Gasteiger partial charge in [-0.3, -0.25) is 4.79 Å². The van der Waals surface area contributed by atoms with E-state index in [4.69, 9.17) is 0 Å². The van der Waals surface area contributed by atoms with E-state index >= 15 is 0 Å². The zero-order chi connectivity index (χ0) is 20.4. The average Bonchev–Trinajstić information content (AvgIpc) is 3.16. The number of rotatable bonds is 5. The van der Waals surface area contributed by atoms with Crippen LogP contribution in [0.15, 0.2) is 48.7 Å². The molecule has 1 aliphatic heterocycles. The summed E-state index contributed by atoms with van der Waals surface area (Å²) in [5.74, 6) is 2.64. The van der Waals surface area contributed by atoms with E-state index < -0.39 is 0 Å². The number of aromatic nitrogens is 4. The highest BCUT2D eigenvalue weighted by atomic mass is 16.2. The van der Waals surface area contributed by atoms with Gasteiger partial charge in [-0.05, 0) is 31.0 Å². The van der Waals surface area contributed by atoms with E-state index in [9.17, 15) is 4.79 Å². The number of anilines is 1. The van der Waals surface area contributed by atoms with Crippen molar-refractivity contribution in [3.63, 3.8) is 0 Å². The third-order valence-corrected chi connectivity index (χ3v) is 5.32. The van der Waals surface area contributed by atoms with Gasteiger partial charge in [-0.25, -0.2) is 4.98 Å². The summed E-state index contributed by atoms with van der Waals surface area (Å²) in [6.07, 6.45) is 3.41. The smallest absolute Gasteiger partial charge is 0.255 e. The highest BCUT2D eigenvalue weighted by molar-refractivity contribution is 5.94. The number of nitrogens with zero attached hydrogens (tertiary/aromatic N) is 6. The molecule has 1 aromatic carbocycles. The molecule has 1 aliphatic rings. The molecular weight excluding hydrogens is 364 g/mol. The Kier molecular flexibility index (Phi) is 5.29. The minimum absolute atomic E-state index is 0.0188. The molecule has 29 heavy (non-hydrogen) atoms.